The number of likely N-dealkylation sites (tertiary alicyclic amines) is 1. The summed E-state index contributed by atoms with van der Waals surface area (Å²) in [5.41, 5.74) is 1.19. The fraction of sp³-hybridized carbons (Fsp3) is 0.647. The van der Waals surface area contributed by atoms with Gasteiger partial charge in [0.25, 0.3) is 0 Å². The van der Waals surface area contributed by atoms with Crippen LogP contribution in [0.2, 0.25) is 0 Å². The number of nitrogens with one attached hydrogen (secondary N) is 1. The summed E-state index contributed by atoms with van der Waals surface area (Å²) in [5, 5.41) is 3.10. The van der Waals surface area contributed by atoms with Crippen molar-refractivity contribution in [3.05, 3.63) is 23.2 Å². The molecule has 120 valence electrons. The molecular weight excluding hydrogens is 280 g/mol. The third-order valence-electron chi connectivity index (χ3n) is 4.58. The average molecular weight is 304 g/mol. The van der Waals surface area contributed by atoms with E-state index in [2.05, 4.69) is 19.2 Å². The SMILES string of the molecule is Cc1cc2c(o1)CC(C)(C)CC2NC(=O)CN1CCCC1=O. The predicted octanol–water partition coefficient (Wildman–Crippen LogP) is 2.34. The van der Waals surface area contributed by atoms with Gasteiger partial charge in [-0.3, -0.25) is 9.59 Å². The zero-order valence-electron chi connectivity index (χ0n) is 13.6. The highest BCUT2D eigenvalue weighted by Crippen LogP contribution is 2.41. The minimum absolute atomic E-state index is 0.0265. The number of furan rings is 1. The molecule has 1 aliphatic heterocycles. The summed E-state index contributed by atoms with van der Waals surface area (Å²) in [6.07, 6.45) is 3.20. The van der Waals surface area contributed by atoms with Crippen LogP contribution in [0.4, 0.5) is 0 Å². The van der Waals surface area contributed by atoms with E-state index in [0.29, 0.717) is 13.0 Å². The standard InChI is InChI=1S/C17H24N2O3/c1-11-7-12-13(8-17(2,3)9-14(12)22-11)18-15(20)10-19-6-4-5-16(19)21/h7,13H,4-6,8-10H2,1-3H3,(H,18,20). The quantitative estimate of drug-likeness (QED) is 0.932. The van der Waals surface area contributed by atoms with Gasteiger partial charge in [0.05, 0.1) is 12.6 Å². The summed E-state index contributed by atoms with van der Waals surface area (Å²) < 4.78 is 5.79. The van der Waals surface area contributed by atoms with E-state index in [1.54, 1.807) is 4.90 Å². The van der Waals surface area contributed by atoms with Gasteiger partial charge < -0.3 is 14.6 Å². The first-order valence-corrected chi connectivity index (χ1v) is 8.00. The molecule has 2 heterocycles. The van der Waals surface area contributed by atoms with E-state index >= 15 is 0 Å². The lowest BCUT2D eigenvalue weighted by Gasteiger charge is -2.35. The van der Waals surface area contributed by atoms with E-state index in [9.17, 15) is 9.59 Å². The second kappa shape index (κ2) is 5.45. The molecule has 1 N–H and O–H groups in total. The van der Waals surface area contributed by atoms with Crippen molar-refractivity contribution in [3.63, 3.8) is 0 Å². The Morgan fingerprint density at radius 3 is 2.95 bits per heavy atom. The van der Waals surface area contributed by atoms with Gasteiger partial charge in [0.15, 0.2) is 0 Å². The van der Waals surface area contributed by atoms with Gasteiger partial charge in [-0.1, -0.05) is 13.8 Å². The molecule has 0 radical (unpaired) electrons. The highest BCUT2D eigenvalue weighted by Gasteiger charge is 2.36. The van der Waals surface area contributed by atoms with Crippen molar-refractivity contribution in [2.45, 2.75) is 52.5 Å². The highest BCUT2D eigenvalue weighted by atomic mass is 16.3. The predicted molar refractivity (Wildman–Crippen MR) is 82.2 cm³/mol. The molecule has 1 unspecified atom stereocenters. The molecule has 5 nitrogen and oxygen atoms in total. The maximum atomic E-state index is 12.3. The van der Waals surface area contributed by atoms with Crippen LogP contribution in [0, 0.1) is 12.3 Å². The van der Waals surface area contributed by atoms with E-state index in [1.807, 2.05) is 13.0 Å². The Balaban J connectivity index is 1.71. The van der Waals surface area contributed by atoms with Gasteiger partial charge in [-0.2, -0.15) is 0 Å². The van der Waals surface area contributed by atoms with Gasteiger partial charge in [0.1, 0.15) is 11.5 Å². The molecule has 1 saturated heterocycles. The Morgan fingerprint density at radius 1 is 1.50 bits per heavy atom. The third kappa shape index (κ3) is 3.03. The molecule has 1 aliphatic carbocycles. The Hall–Kier alpha value is -1.78. The molecule has 0 saturated carbocycles. The fourth-order valence-electron chi connectivity index (χ4n) is 3.60. The van der Waals surface area contributed by atoms with Crippen LogP contribution in [0.25, 0.3) is 0 Å². The molecular formula is C17H24N2O3. The summed E-state index contributed by atoms with van der Waals surface area (Å²) in [6.45, 7) is 7.18. The van der Waals surface area contributed by atoms with Crippen molar-refractivity contribution in [1.82, 2.24) is 10.2 Å². The number of nitrogens with zero attached hydrogens (tertiary/aromatic N) is 1. The molecule has 2 aliphatic rings. The first-order chi connectivity index (χ1) is 10.3. The fourth-order valence-corrected chi connectivity index (χ4v) is 3.60. The first-order valence-electron chi connectivity index (χ1n) is 8.00. The second-order valence-corrected chi connectivity index (χ2v) is 7.32. The van der Waals surface area contributed by atoms with Crippen LogP contribution in [-0.4, -0.2) is 29.8 Å². The molecule has 2 amide bonds. The first kappa shape index (κ1) is 15.1. The monoisotopic (exact) mass is 304 g/mol. The van der Waals surface area contributed by atoms with Gasteiger partial charge >= 0.3 is 0 Å². The number of carbonyl (C=O) groups excluding carboxylic acids is 2. The van der Waals surface area contributed by atoms with E-state index < -0.39 is 0 Å². The van der Waals surface area contributed by atoms with Crippen LogP contribution in [0.1, 0.15) is 56.2 Å². The lowest BCUT2D eigenvalue weighted by molar-refractivity contribution is -0.133. The molecule has 0 bridgehead atoms. The van der Waals surface area contributed by atoms with E-state index in [-0.39, 0.29) is 29.8 Å². The van der Waals surface area contributed by atoms with Crippen LogP contribution in [0.5, 0.6) is 0 Å². The van der Waals surface area contributed by atoms with Gasteiger partial charge in [0, 0.05) is 24.9 Å². The van der Waals surface area contributed by atoms with E-state index in [4.69, 9.17) is 4.42 Å². The number of aryl methyl sites for hydroxylation is 1. The molecule has 0 spiro atoms. The summed E-state index contributed by atoms with van der Waals surface area (Å²) in [4.78, 5) is 25.6. The number of hydrogen-bond acceptors (Lipinski definition) is 3. The van der Waals surface area contributed by atoms with Crippen molar-refractivity contribution >= 4 is 11.8 Å². The third-order valence-corrected chi connectivity index (χ3v) is 4.58. The van der Waals surface area contributed by atoms with Crippen molar-refractivity contribution in [2.75, 3.05) is 13.1 Å². The van der Waals surface area contributed by atoms with Crippen LogP contribution in [0.15, 0.2) is 10.5 Å². The molecule has 3 rings (SSSR count). The molecule has 22 heavy (non-hydrogen) atoms. The minimum Gasteiger partial charge on any atom is -0.466 e. The van der Waals surface area contributed by atoms with Gasteiger partial charge in [-0.15, -0.1) is 0 Å². The largest absolute Gasteiger partial charge is 0.466 e. The number of carbonyl (C=O) groups is 2. The zero-order valence-corrected chi connectivity index (χ0v) is 13.6. The zero-order chi connectivity index (χ0) is 15.9. The Labute approximate surface area is 131 Å². The van der Waals surface area contributed by atoms with E-state index in [0.717, 1.165) is 36.3 Å². The maximum absolute atomic E-state index is 12.3. The highest BCUT2D eigenvalue weighted by molar-refractivity contribution is 5.86. The molecule has 0 aromatic carbocycles. The average Bonchev–Trinajstić information content (AvgIpc) is 2.94. The van der Waals surface area contributed by atoms with Gasteiger partial charge in [0.2, 0.25) is 11.8 Å². The smallest absolute Gasteiger partial charge is 0.240 e. The Kier molecular flexibility index (Phi) is 3.75. The van der Waals surface area contributed by atoms with Gasteiger partial charge in [-0.25, -0.2) is 0 Å². The van der Waals surface area contributed by atoms with Gasteiger partial charge in [-0.05, 0) is 31.2 Å². The molecule has 1 atom stereocenters. The Morgan fingerprint density at radius 2 is 2.27 bits per heavy atom. The summed E-state index contributed by atoms with van der Waals surface area (Å²) in [6, 6.07) is 2.00. The normalized spacial score (nSPS) is 23.5. The number of fused-ring (bicyclic) bond motifs is 1. The Bertz CT molecular complexity index is 603. The molecule has 5 heteroatoms. The molecule has 1 fully saturated rings. The summed E-state index contributed by atoms with van der Waals surface area (Å²) in [5.74, 6) is 1.87. The molecule has 1 aromatic heterocycles. The second-order valence-electron chi connectivity index (χ2n) is 7.32. The van der Waals surface area contributed by atoms with Crippen LogP contribution in [-0.2, 0) is 16.0 Å². The van der Waals surface area contributed by atoms with Crippen LogP contribution in [0.3, 0.4) is 0 Å². The number of amides is 2. The topological polar surface area (TPSA) is 62.6 Å². The number of rotatable bonds is 3. The lowest BCUT2D eigenvalue weighted by Crippen LogP contribution is -2.42. The van der Waals surface area contributed by atoms with Crippen molar-refractivity contribution in [3.8, 4) is 0 Å². The summed E-state index contributed by atoms with van der Waals surface area (Å²) in [7, 11) is 0. The van der Waals surface area contributed by atoms with E-state index in [1.165, 1.54) is 0 Å². The van der Waals surface area contributed by atoms with Crippen molar-refractivity contribution in [2.24, 2.45) is 5.41 Å². The van der Waals surface area contributed by atoms with Crippen LogP contribution < -0.4 is 5.32 Å². The van der Waals surface area contributed by atoms with Crippen molar-refractivity contribution in [1.29, 1.82) is 0 Å². The minimum atomic E-state index is -0.0808. The summed E-state index contributed by atoms with van der Waals surface area (Å²) >= 11 is 0. The number of hydrogen-bond donors (Lipinski definition) is 1. The maximum Gasteiger partial charge on any atom is 0.240 e. The van der Waals surface area contributed by atoms with Crippen LogP contribution >= 0.6 is 0 Å². The van der Waals surface area contributed by atoms with Crippen molar-refractivity contribution < 1.29 is 14.0 Å². The lowest BCUT2D eigenvalue weighted by atomic mass is 9.74. The molecule has 1 aromatic rings.